The first-order valence-electron chi connectivity index (χ1n) is 13.1. The summed E-state index contributed by atoms with van der Waals surface area (Å²) in [5.41, 5.74) is 6.12. The molecule has 1 spiro atoms. The van der Waals surface area contributed by atoms with Crippen LogP contribution in [0, 0.1) is 5.92 Å². The molecule has 1 heterocycles. The Balaban J connectivity index is 1.07. The van der Waals surface area contributed by atoms with Crippen LogP contribution in [-0.4, -0.2) is 29.9 Å². The van der Waals surface area contributed by atoms with E-state index in [4.69, 9.17) is 0 Å². The lowest BCUT2D eigenvalue weighted by molar-refractivity contribution is 0.0898. The van der Waals surface area contributed by atoms with Crippen LogP contribution >= 0.6 is 0 Å². The van der Waals surface area contributed by atoms with Crippen molar-refractivity contribution in [2.24, 2.45) is 5.92 Å². The highest BCUT2D eigenvalue weighted by atomic mass is 16.1. The van der Waals surface area contributed by atoms with Crippen molar-refractivity contribution in [3.63, 3.8) is 0 Å². The van der Waals surface area contributed by atoms with Gasteiger partial charge < -0.3 is 10.2 Å². The van der Waals surface area contributed by atoms with Gasteiger partial charge in [0.25, 0.3) is 5.91 Å². The molecule has 35 heavy (non-hydrogen) atoms. The molecule has 0 radical (unpaired) electrons. The molecule has 6 rings (SSSR count). The van der Waals surface area contributed by atoms with Crippen molar-refractivity contribution in [1.29, 1.82) is 0 Å². The molecule has 3 aliphatic rings. The number of nitrogens with one attached hydrogen (secondary N) is 1. The third kappa shape index (κ3) is 4.12. The second kappa shape index (κ2) is 9.13. The molecule has 3 unspecified atom stereocenters. The van der Waals surface area contributed by atoms with E-state index in [0.29, 0.717) is 23.4 Å². The van der Waals surface area contributed by atoms with E-state index in [2.05, 4.69) is 77.8 Å². The van der Waals surface area contributed by atoms with Crippen molar-refractivity contribution in [2.75, 3.05) is 18.4 Å². The topological polar surface area (TPSA) is 32.3 Å². The molecule has 4 atom stereocenters. The number of carbonyl (C=O) groups excluding carboxylic acids is 1. The maximum absolute atomic E-state index is 12.4. The summed E-state index contributed by atoms with van der Waals surface area (Å²) in [5, 5.41) is 3.02. The van der Waals surface area contributed by atoms with Crippen LogP contribution in [0.25, 0.3) is 6.08 Å². The maximum Gasteiger partial charge on any atom is 0.255 e. The molecular formula is C32H34N2O. The summed E-state index contributed by atoms with van der Waals surface area (Å²) in [5.74, 6) is 1.18. The third-order valence-corrected chi connectivity index (χ3v) is 8.82. The number of rotatable bonds is 4. The zero-order valence-corrected chi connectivity index (χ0v) is 20.5. The molecule has 3 aromatic rings. The van der Waals surface area contributed by atoms with Gasteiger partial charge in [-0.25, -0.2) is 0 Å². The van der Waals surface area contributed by atoms with Gasteiger partial charge >= 0.3 is 0 Å². The van der Waals surface area contributed by atoms with Crippen molar-refractivity contribution in [1.82, 2.24) is 4.90 Å². The lowest BCUT2D eigenvalue weighted by Gasteiger charge is -2.46. The summed E-state index contributed by atoms with van der Waals surface area (Å²) in [6.45, 7) is 4.82. The van der Waals surface area contributed by atoms with Crippen LogP contribution in [0.3, 0.4) is 0 Å². The molecule has 178 valence electrons. The van der Waals surface area contributed by atoms with Crippen molar-refractivity contribution in [3.05, 3.63) is 107 Å². The van der Waals surface area contributed by atoms with Crippen LogP contribution in [0.5, 0.6) is 0 Å². The maximum atomic E-state index is 12.4. The van der Waals surface area contributed by atoms with Crippen LogP contribution in [-0.2, 0) is 5.41 Å². The van der Waals surface area contributed by atoms with Crippen molar-refractivity contribution < 1.29 is 4.79 Å². The quantitative estimate of drug-likeness (QED) is 0.458. The summed E-state index contributed by atoms with van der Waals surface area (Å²) < 4.78 is 0. The van der Waals surface area contributed by atoms with E-state index in [-0.39, 0.29) is 11.3 Å². The largest absolute Gasteiger partial charge is 0.322 e. The van der Waals surface area contributed by atoms with Gasteiger partial charge in [0.1, 0.15) is 0 Å². The van der Waals surface area contributed by atoms with Gasteiger partial charge in [0.05, 0.1) is 0 Å². The smallest absolute Gasteiger partial charge is 0.255 e. The number of carbonyl (C=O) groups is 1. The fraction of sp³-hybridized carbons (Fsp3) is 0.344. The predicted octanol–water partition coefficient (Wildman–Crippen LogP) is 6.88. The number of likely N-dealkylation sites (tertiary alicyclic amines) is 1. The zero-order valence-electron chi connectivity index (χ0n) is 20.5. The Kier molecular flexibility index (Phi) is 5.82. The van der Waals surface area contributed by atoms with E-state index in [0.717, 1.165) is 5.69 Å². The average molecular weight is 463 g/mol. The number of amides is 1. The van der Waals surface area contributed by atoms with Gasteiger partial charge in [-0.1, -0.05) is 73.7 Å². The van der Waals surface area contributed by atoms with E-state index < -0.39 is 0 Å². The van der Waals surface area contributed by atoms with Crippen molar-refractivity contribution >= 4 is 17.7 Å². The predicted molar refractivity (Wildman–Crippen MR) is 144 cm³/mol. The number of hydrogen-bond donors (Lipinski definition) is 1. The Morgan fingerprint density at radius 3 is 2.51 bits per heavy atom. The number of nitrogens with zero attached hydrogens (tertiary/aromatic N) is 1. The molecule has 1 saturated heterocycles. The minimum absolute atomic E-state index is 0.0593. The van der Waals surface area contributed by atoms with E-state index in [1.165, 1.54) is 55.5 Å². The Morgan fingerprint density at radius 1 is 0.943 bits per heavy atom. The first kappa shape index (κ1) is 22.3. The van der Waals surface area contributed by atoms with Crippen molar-refractivity contribution in [3.8, 4) is 0 Å². The van der Waals surface area contributed by atoms with Gasteiger partial charge in [-0.05, 0) is 85.0 Å². The van der Waals surface area contributed by atoms with E-state index in [9.17, 15) is 4.79 Å². The number of piperidine rings is 1. The van der Waals surface area contributed by atoms with Crippen LogP contribution in [0.4, 0.5) is 5.69 Å². The average Bonchev–Trinajstić information content (AvgIpc) is 3.54. The summed E-state index contributed by atoms with van der Waals surface area (Å²) >= 11 is 0. The second-order valence-corrected chi connectivity index (χ2v) is 10.7. The Hall–Kier alpha value is -3.17. The van der Waals surface area contributed by atoms with E-state index in [1.807, 2.05) is 30.3 Å². The summed E-state index contributed by atoms with van der Waals surface area (Å²) in [6, 6.07) is 27.6. The van der Waals surface area contributed by atoms with Crippen LogP contribution in [0.1, 0.15) is 65.6 Å². The van der Waals surface area contributed by atoms with Gasteiger partial charge in [-0.2, -0.15) is 0 Å². The number of anilines is 1. The SMILES string of the molecule is C[C@H]1CN(C2CCC(c3ccc(NC(=O)c4ccccc4)cc3)C2)CCC12C=Cc1ccccc12. The van der Waals surface area contributed by atoms with Gasteiger partial charge in [-0.3, -0.25) is 4.79 Å². The molecule has 2 aliphatic carbocycles. The summed E-state index contributed by atoms with van der Waals surface area (Å²) in [6.07, 6.45) is 9.83. The van der Waals surface area contributed by atoms with Gasteiger partial charge in [-0.15, -0.1) is 0 Å². The normalized spacial score (nSPS) is 27.7. The standard InChI is InChI=1S/C32H34N2O/c1-23-22-34(20-19-32(23)18-17-25-7-5-6-10-30(25)32)29-16-13-27(21-29)24-11-14-28(15-12-24)33-31(35)26-8-3-2-4-9-26/h2-12,14-15,17-18,23,27,29H,13,16,19-22H2,1H3,(H,33,35)/t23-,27?,29?,32?/m0/s1. The number of hydrogen-bond acceptors (Lipinski definition) is 2. The third-order valence-electron chi connectivity index (χ3n) is 8.82. The van der Waals surface area contributed by atoms with Gasteiger partial charge in [0.15, 0.2) is 0 Å². The van der Waals surface area contributed by atoms with E-state index >= 15 is 0 Å². The number of benzene rings is 3. The number of allylic oxidation sites excluding steroid dienone is 1. The van der Waals surface area contributed by atoms with Gasteiger partial charge in [0.2, 0.25) is 0 Å². The molecule has 3 nitrogen and oxygen atoms in total. The molecular weight excluding hydrogens is 428 g/mol. The molecule has 1 saturated carbocycles. The molecule has 2 fully saturated rings. The highest BCUT2D eigenvalue weighted by Gasteiger charge is 2.45. The highest BCUT2D eigenvalue weighted by molar-refractivity contribution is 6.04. The lowest BCUT2D eigenvalue weighted by Crippen LogP contribution is -2.50. The van der Waals surface area contributed by atoms with Gasteiger partial charge in [0, 0.05) is 29.3 Å². The molecule has 1 N–H and O–H groups in total. The number of fused-ring (bicyclic) bond motifs is 2. The molecule has 1 aliphatic heterocycles. The molecule has 0 bridgehead atoms. The minimum atomic E-state index is -0.0593. The Labute approximate surface area is 208 Å². The summed E-state index contributed by atoms with van der Waals surface area (Å²) in [7, 11) is 0. The minimum Gasteiger partial charge on any atom is -0.322 e. The fourth-order valence-corrected chi connectivity index (χ4v) is 6.78. The molecule has 0 aromatic heterocycles. The second-order valence-electron chi connectivity index (χ2n) is 10.7. The first-order chi connectivity index (χ1) is 17.1. The monoisotopic (exact) mass is 462 g/mol. The molecule has 3 heteroatoms. The Bertz CT molecular complexity index is 1230. The lowest BCUT2D eigenvalue weighted by atomic mass is 9.68. The van der Waals surface area contributed by atoms with Crippen LogP contribution in [0.2, 0.25) is 0 Å². The molecule has 3 aromatic carbocycles. The first-order valence-corrected chi connectivity index (χ1v) is 13.1. The van der Waals surface area contributed by atoms with Crippen LogP contribution < -0.4 is 5.32 Å². The highest BCUT2D eigenvalue weighted by Crippen LogP contribution is 2.48. The Morgan fingerprint density at radius 2 is 1.71 bits per heavy atom. The van der Waals surface area contributed by atoms with E-state index in [1.54, 1.807) is 0 Å². The van der Waals surface area contributed by atoms with Crippen LogP contribution in [0.15, 0.2) is 84.9 Å². The van der Waals surface area contributed by atoms with Crippen molar-refractivity contribution in [2.45, 2.75) is 50.0 Å². The molecule has 1 amide bonds. The fourth-order valence-electron chi connectivity index (χ4n) is 6.78. The summed E-state index contributed by atoms with van der Waals surface area (Å²) in [4.78, 5) is 15.2. The zero-order chi connectivity index (χ0) is 23.8.